The molecule has 0 saturated carbocycles. The molecule has 0 radical (unpaired) electrons. The van der Waals surface area contributed by atoms with Gasteiger partial charge in [0.1, 0.15) is 11.4 Å². The Hall–Kier alpha value is -2.56. The zero-order valence-corrected chi connectivity index (χ0v) is 13.6. The van der Waals surface area contributed by atoms with Gasteiger partial charge >= 0.3 is 5.69 Å². The van der Waals surface area contributed by atoms with Crippen molar-refractivity contribution in [3.05, 3.63) is 51.7 Å². The molecule has 0 atom stereocenters. The van der Waals surface area contributed by atoms with Crippen molar-refractivity contribution in [2.75, 3.05) is 14.2 Å². The molecule has 2 rings (SSSR count). The summed E-state index contributed by atoms with van der Waals surface area (Å²) in [5, 5.41) is 0. The quantitative estimate of drug-likeness (QED) is 0.808. The van der Waals surface area contributed by atoms with Gasteiger partial charge in [0.2, 0.25) is 0 Å². The van der Waals surface area contributed by atoms with Crippen LogP contribution in [0.3, 0.4) is 0 Å². The van der Waals surface area contributed by atoms with E-state index in [1.165, 1.54) is 0 Å². The van der Waals surface area contributed by atoms with Crippen LogP contribution in [0.15, 0.2) is 29.1 Å². The van der Waals surface area contributed by atoms with Gasteiger partial charge in [-0.3, -0.25) is 0 Å². The maximum Gasteiger partial charge on any atom is 0.498 e. The standard InChI is InChI=1S/C17H21N2O3/c1-12-11-14(19(3)17(20)18(12)2)10-9-13-7-6-8-15(21-4)16(13)22-5/h6-11H,1-5H3/q+1/b10-9+. The van der Waals surface area contributed by atoms with Crippen molar-refractivity contribution in [1.29, 1.82) is 0 Å². The molecule has 5 heteroatoms. The topological polar surface area (TPSA) is 44.3 Å². The Morgan fingerprint density at radius 1 is 1.18 bits per heavy atom. The first-order valence-corrected chi connectivity index (χ1v) is 6.95. The molecule has 5 nitrogen and oxygen atoms in total. The van der Waals surface area contributed by atoms with Crippen molar-refractivity contribution in [2.24, 2.45) is 14.1 Å². The summed E-state index contributed by atoms with van der Waals surface area (Å²) in [6, 6.07) is 7.64. The number of hydrogen-bond donors (Lipinski definition) is 0. The monoisotopic (exact) mass is 301 g/mol. The third kappa shape index (κ3) is 2.88. The van der Waals surface area contributed by atoms with E-state index in [9.17, 15) is 4.79 Å². The zero-order valence-electron chi connectivity index (χ0n) is 13.6. The molecule has 1 aromatic carbocycles. The third-order valence-electron chi connectivity index (χ3n) is 3.71. The SMILES string of the molecule is COc1cccc(/C=C/c2cc(C)n(C)c(=O)[n+]2C)c1OC. The van der Waals surface area contributed by atoms with Crippen LogP contribution in [-0.4, -0.2) is 18.8 Å². The fraction of sp³-hybridized carbons (Fsp3) is 0.294. The molecule has 22 heavy (non-hydrogen) atoms. The van der Waals surface area contributed by atoms with Gasteiger partial charge in [-0.25, -0.2) is 0 Å². The largest absolute Gasteiger partial charge is 0.498 e. The Labute approximate surface area is 130 Å². The number of rotatable bonds is 4. The van der Waals surface area contributed by atoms with Gasteiger partial charge in [-0.05, 0) is 25.1 Å². The summed E-state index contributed by atoms with van der Waals surface area (Å²) >= 11 is 0. The van der Waals surface area contributed by atoms with Crippen LogP contribution in [0, 0.1) is 6.92 Å². The molecule has 0 spiro atoms. The van der Waals surface area contributed by atoms with Gasteiger partial charge in [0.25, 0.3) is 0 Å². The maximum absolute atomic E-state index is 12.1. The minimum atomic E-state index is -0.0581. The van der Waals surface area contributed by atoms with Crippen LogP contribution in [0.1, 0.15) is 17.0 Å². The lowest BCUT2D eigenvalue weighted by molar-refractivity contribution is -0.692. The van der Waals surface area contributed by atoms with Gasteiger partial charge in [0, 0.05) is 11.6 Å². The van der Waals surface area contributed by atoms with Crippen LogP contribution < -0.4 is 19.7 Å². The maximum atomic E-state index is 12.1. The Bertz CT molecular complexity index is 776. The number of aryl methyl sites for hydroxylation is 1. The van der Waals surface area contributed by atoms with Crippen molar-refractivity contribution in [3.8, 4) is 11.5 Å². The van der Waals surface area contributed by atoms with Crippen LogP contribution in [0.4, 0.5) is 0 Å². The summed E-state index contributed by atoms with van der Waals surface area (Å²) in [5.41, 5.74) is 2.56. The van der Waals surface area contributed by atoms with Gasteiger partial charge in [-0.2, -0.15) is 13.9 Å². The van der Waals surface area contributed by atoms with E-state index in [4.69, 9.17) is 9.47 Å². The van der Waals surface area contributed by atoms with Crippen LogP contribution in [-0.2, 0) is 14.1 Å². The minimum absolute atomic E-state index is 0.0581. The van der Waals surface area contributed by atoms with Crippen LogP contribution in [0.25, 0.3) is 12.2 Å². The molecule has 0 amide bonds. The van der Waals surface area contributed by atoms with E-state index in [1.807, 2.05) is 43.3 Å². The molecular formula is C17H21N2O3+. The number of nitrogens with zero attached hydrogens (tertiary/aromatic N) is 2. The van der Waals surface area contributed by atoms with Crippen LogP contribution in [0.5, 0.6) is 11.5 Å². The lowest BCUT2D eigenvalue weighted by Gasteiger charge is -2.09. The molecule has 2 aromatic rings. The van der Waals surface area contributed by atoms with E-state index >= 15 is 0 Å². The van der Waals surface area contributed by atoms with Crippen LogP contribution in [0.2, 0.25) is 0 Å². The predicted molar refractivity (Wildman–Crippen MR) is 86.1 cm³/mol. The zero-order chi connectivity index (χ0) is 16.3. The van der Waals surface area contributed by atoms with Crippen molar-refractivity contribution < 1.29 is 14.0 Å². The number of benzene rings is 1. The first kappa shape index (κ1) is 15.8. The van der Waals surface area contributed by atoms with E-state index in [0.29, 0.717) is 11.5 Å². The summed E-state index contributed by atoms with van der Waals surface area (Å²) < 4.78 is 13.9. The first-order valence-electron chi connectivity index (χ1n) is 6.95. The van der Waals surface area contributed by atoms with Gasteiger partial charge in [-0.15, -0.1) is 0 Å². The summed E-state index contributed by atoms with van der Waals surface area (Å²) in [6.07, 6.45) is 3.81. The Kier molecular flexibility index (Phi) is 4.65. The highest BCUT2D eigenvalue weighted by atomic mass is 16.5. The number of ether oxygens (including phenoxy) is 2. The summed E-state index contributed by atoms with van der Waals surface area (Å²) in [4.78, 5) is 12.1. The number of hydrogen-bond acceptors (Lipinski definition) is 3. The van der Waals surface area contributed by atoms with E-state index < -0.39 is 0 Å². The van der Waals surface area contributed by atoms with E-state index in [0.717, 1.165) is 17.0 Å². The minimum Gasteiger partial charge on any atom is -0.493 e. The van der Waals surface area contributed by atoms with Crippen molar-refractivity contribution in [3.63, 3.8) is 0 Å². The molecular weight excluding hydrogens is 280 g/mol. The Morgan fingerprint density at radius 3 is 2.55 bits per heavy atom. The molecule has 0 aliphatic carbocycles. The second-order valence-corrected chi connectivity index (χ2v) is 5.03. The Balaban J connectivity index is 2.48. The fourth-order valence-corrected chi connectivity index (χ4v) is 2.27. The van der Waals surface area contributed by atoms with Crippen molar-refractivity contribution >= 4 is 12.2 Å². The molecule has 0 aliphatic rings. The average Bonchev–Trinajstić information content (AvgIpc) is 2.54. The highest BCUT2D eigenvalue weighted by Crippen LogP contribution is 2.31. The smallest absolute Gasteiger partial charge is 0.493 e. The van der Waals surface area contributed by atoms with Crippen LogP contribution >= 0.6 is 0 Å². The normalized spacial score (nSPS) is 11.0. The van der Waals surface area contributed by atoms with E-state index in [-0.39, 0.29) is 5.69 Å². The molecule has 116 valence electrons. The third-order valence-corrected chi connectivity index (χ3v) is 3.71. The second-order valence-electron chi connectivity index (χ2n) is 5.03. The van der Waals surface area contributed by atoms with Gasteiger partial charge in [0.15, 0.2) is 11.5 Å². The fourth-order valence-electron chi connectivity index (χ4n) is 2.27. The molecule has 0 N–H and O–H groups in total. The molecule has 0 aliphatic heterocycles. The number of aromatic nitrogens is 2. The first-order chi connectivity index (χ1) is 10.5. The lowest BCUT2D eigenvalue weighted by atomic mass is 10.1. The average molecular weight is 301 g/mol. The number of methoxy groups -OCH3 is 2. The molecule has 0 unspecified atom stereocenters. The van der Waals surface area contributed by atoms with Gasteiger partial charge in [0.05, 0.1) is 28.3 Å². The van der Waals surface area contributed by atoms with Crippen molar-refractivity contribution in [2.45, 2.75) is 6.92 Å². The summed E-state index contributed by atoms with van der Waals surface area (Å²) in [7, 11) is 6.73. The molecule has 0 saturated heterocycles. The molecule has 1 aromatic heterocycles. The highest BCUT2D eigenvalue weighted by molar-refractivity contribution is 5.72. The lowest BCUT2D eigenvalue weighted by Crippen LogP contribution is -2.53. The van der Waals surface area contributed by atoms with E-state index in [2.05, 4.69) is 0 Å². The highest BCUT2D eigenvalue weighted by Gasteiger charge is 2.12. The van der Waals surface area contributed by atoms with Gasteiger partial charge < -0.3 is 9.47 Å². The molecule has 1 heterocycles. The number of para-hydroxylation sites is 1. The second kappa shape index (κ2) is 6.47. The summed E-state index contributed by atoms with van der Waals surface area (Å²) in [6.45, 7) is 1.91. The summed E-state index contributed by atoms with van der Waals surface area (Å²) in [5.74, 6) is 1.35. The predicted octanol–water partition coefficient (Wildman–Crippen LogP) is 1.71. The van der Waals surface area contributed by atoms with Gasteiger partial charge in [-0.1, -0.05) is 12.1 Å². The Morgan fingerprint density at radius 2 is 1.91 bits per heavy atom. The van der Waals surface area contributed by atoms with Crippen molar-refractivity contribution in [1.82, 2.24) is 4.57 Å². The molecule has 0 bridgehead atoms. The van der Waals surface area contributed by atoms with E-state index in [1.54, 1.807) is 37.4 Å². The molecule has 0 fully saturated rings.